The molecule has 0 aliphatic heterocycles. The van der Waals surface area contributed by atoms with Crippen molar-refractivity contribution in [2.75, 3.05) is 19.0 Å². The molecule has 1 unspecified atom stereocenters. The van der Waals surface area contributed by atoms with Crippen LogP contribution in [-0.4, -0.2) is 23.6 Å². The minimum absolute atomic E-state index is 0.00286. The van der Waals surface area contributed by atoms with Crippen molar-refractivity contribution in [1.29, 1.82) is 0 Å². The number of nitrogens with zero attached hydrogens (tertiary/aromatic N) is 2. The molecule has 0 radical (unpaired) electrons. The van der Waals surface area contributed by atoms with Gasteiger partial charge >= 0.3 is 0 Å². The molecule has 5 heteroatoms. The Morgan fingerprint density at radius 1 is 1.39 bits per heavy atom. The second-order valence-electron chi connectivity index (χ2n) is 4.57. The van der Waals surface area contributed by atoms with Gasteiger partial charge in [0.25, 0.3) is 0 Å². The average molecular weight is 361 g/mol. The van der Waals surface area contributed by atoms with Crippen LogP contribution in [0.4, 0.5) is 5.82 Å². The highest BCUT2D eigenvalue weighted by Crippen LogP contribution is 2.42. The van der Waals surface area contributed by atoms with Crippen LogP contribution in [0.25, 0.3) is 0 Å². The highest BCUT2D eigenvalue weighted by molar-refractivity contribution is 14.1. The maximum absolute atomic E-state index is 5.46. The summed E-state index contributed by atoms with van der Waals surface area (Å²) < 4.78 is 6.63. The first-order valence-electron chi connectivity index (χ1n) is 6.55. The van der Waals surface area contributed by atoms with Crippen LogP contribution in [0.2, 0.25) is 0 Å². The minimum atomic E-state index is -0.00286. The maximum atomic E-state index is 5.46. The van der Waals surface area contributed by atoms with E-state index in [1.165, 1.54) is 22.1 Å². The Labute approximate surface area is 122 Å². The Balaban J connectivity index is 2.40. The number of halogens is 1. The van der Waals surface area contributed by atoms with Gasteiger partial charge in [-0.25, -0.2) is 9.97 Å². The number of methoxy groups -OCH3 is 1. The van der Waals surface area contributed by atoms with E-state index < -0.39 is 0 Å². The Morgan fingerprint density at radius 3 is 2.61 bits per heavy atom. The fraction of sp³-hybridized carbons (Fsp3) is 0.692. The Hall–Kier alpha value is -0.430. The van der Waals surface area contributed by atoms with Gasteiger partial charge in [-0.3, -0.25) is 0 Å². The number of hydrogen-bond donors (Lipinski definition) is 1. The van der Waals surface area contributed by atoms with Gasteiger partial charge in [-0.05, 0) is 48.8 Å². The summed E-state index contributed by atoms with van der Waals surface area (Å²) in [4.78, 5) is 9.36. The van der Waals surface area contributed by atoms with Crippen LogP contribution in [0.3, 0.4) is 0 Å². The van der Waals surface area contributed by atoms with Gasteiger partial charge in [0.15, 0.2) is 5.82 Å². The standard InChI is InChI=1S/C13H20IN3O/c1-4-9(18-3)12-16-11(8-6-7-8)10(14)13(17-12)15-5-2/h8-9H,4-7H2,1-3H3,(H,15,16,17). The summed E-state index contributed by atoms with van der Waals surface area (Å²) in [5.74, 6) is 2.41. The summed E-state index contributed by atoms with van der Waals surface area (Å²) in [7, 11) is 1.72. The van der Waals surface area contributed by atoms with Crippen molar-refractivity contribution >= 4 is 28.4 Å². The predicted molar refractivity (Wildman–Crippen MR) is 80.9 cm³/mol. The van der Waals surface area contributed by atoms with E-state index in [9.17, 15) is 0 Å². The summed E-state index contributed by atoms with van der Waals surface area (Å²) in [5.41, 5.74) is 1.20. The first kappa shape index (κ1) is 14.0. The quantitative estimate of drug-likeness (QED) is 0.788. The fourth-order valence-corrected chi connectivity index (χ4v) is 2.87. The molecule has 100 valence electrons. The number of anilines is 1. The third-order valence-electron chi connectivity index (χ3n) is 3.15. The molecule has 4 nitrogen and oxygen atoms in total. The van der Waals surface area contributed by atoms with Crippen molar-refractivity contribution in [2.24, 2.45) is 0 Å². The van der Waals surface area contributed by atoms with E-state index in [2.05, 4.69) is 46.7 Å². The monoisotopic (exact) mass is 361 g/mol. The van der Waals surface area contributed by atoms with Crippen molar-refractivity contribution in [1.82, 2.24) is 9.97 Å². The van der Waals surface area contributed by atoms with E-state index in [4.69, 9.17) is 9.72 Å². The zero-order valence-corrected chi connectivity index (χ0v) is 13.3. The number of aromatic nitrogens is 2. The zero-order valence-electron chi connectivity index (χ0n) is 11.2. The van der Waals surface area contributed by atoms with Crippen molar-refractivity contribution in [3.8, 4) is 0 Å². The van der Waals surface area contributed by atoms with E-state index >= 15 is 0 Å². The van der Waals surface area contributed by atoms with Crippen LogP contribution < -0.4 is 5.32 Å². The SMILES string of the molecule is CCNc1nc(C(CC)OC)nc(C2CC2)c1I. The summed E-state index contributed by atoms with van der Waals surface area (Å²) >= 11 is 2.36. The van der Waals surface area contributed by atoms with E-state index in [1.54, 1.807) is 7.11 Å². The molecule has 1 heterocycles. The molecule has 1 aliphatic carbocycles. The maximum Gasteiger partial charge on any atom is 0.159 e. The molecule has 1 fully saturated rings. The summed E-state index contributed by atoms with van der Waals surface area (Å²) in [5, 5.41) is 3.33. The molecular formula is C13H20IN3O. The van der Waals surface area contributed by atoms with Crippen molar-refractivity contribution < 1.29 is 4.74 Å². The summed E-state index contributed by atoms with van der Waals surface area (Å²) in [6.45, 7) is 5.06. The van der Waals surface area contributed by atoms with Crippen LogP contribution in [0.15, 0.2) is 0 Å². The van der Waals surface area contributed by atoms with Gasteiger partial charge in [-0.1, -0.05) is 6.92 Å². The second kappa shape index (κ2) is 6.14. The Morgan fingerprint density at radius 2 is 2.11 bits per heavy atom. The van der Waals surface area contributed by atoms with Crippen molar-refractivity contribution in [2.45, 2.75) is 45.1 Å². The van der Waals surface area contributed by atoms with Gasteiger partial charge in [0.1, 0.15) is 11.9 Å². The van der Waals surface area contributed by atoms with E-state index in [1.807, 2.05) is 0 Å². The first-order valence-corrected chi connectivity index (χ1v) is 7.63. The highest BCUT2D eigenvalue weighted by Gasteiger charge is 2.30. The van der Waals surface area contributed by atoms with Crippen LogP contribution in [0.5, 0.6) is 0 Å². The first-order chi connectivity index (χ1) is 8.71. The Bertz CT molecular complexity index is 417. The number of hydrogen-bond acceptors (Lipinski definition) is 4. The van der Waals surface area contributed by atoms with Crippen LogP contribution in [-0.2, 0) is 4.74 Å². The van der Waals surface area contributed by atoms with Gasteiger partial charge in [0.2, 0.25) is 0 Å². The lowest BCUT2D eigenvalue weighted by atomic mass is 10.2. The van der Waals surface area contributed by atoms with E-state index in [-0.39, 0.29) is 6.10 Å². The van der Waals surface area contributed by atoms with Gasteiger partial charge in [-0.2, -0.15) is 0 Å². The summed E-state index contributed by atoms with van der Waals surface area (Å²) in [6.07, 6.45) is 3.40. The van der Waals surface area contributed by atoms with Crippen LogP contribution in [0.1, 0.15) is 56.7 Å². The molecule has 0 saturated heterocycles. The number of rotatable bonds is 6. The molecule has 1 aliphatic rings. The molecule has 18 heavy (non-hydrogen) atoms. The molecule has 1 atom stereocenters. The van der Waals surface area contributed by atoms with Crippen LogP contribution in [0, 0.1) is 3.57 Å². The normalized spacial score (nSPS) is 16.7. The molecular weight excluding hydrogens is 341 g/mol. The second-order valence-corrected chi connectivity index (χ2v) is 5.65. The lowest BCUT2D eigenvalue weighted by Crippen LogP contribution is -2.13. The zero-order chi connectivity index (χ0) is 13.1. The lowest BCUT2D eigenvalue weighted by Gasteiger charge is -2.16. The molecule has 0 spiro atoms. The van der Waals surface area contributed by atoms with E-state index in [0.29, 0.717) is 5.92 Å². The Kier molecular flexibility index (Phi) is 4.77. The van der Waals surface area contributed by atoms with Gasteiger partial charge in [0, 0.05) is 19.6 Å². The van der Waals surface area contributed by atoms with Crippen LogP contribution >= 0.6 is 22.6 Å². The molecule has 1 aromatic rings. The number of nitrogens with one attached hydrogen (secondary N) is 1. The molecule has 0 bridgehead atoms. The predicted octanol–water partition coefficient (Wildman–Crippen LogP) is 3.49. The minimum Gasteiger partial charge on any atom is -0.373 e. The topological polar surface area (TPSA) is 47.0 Å². The molecule has 0 amide bonds. The number of ether oxygens (including phenoxy) is 1. The third-order valence-corrected chi connectivity index (χ3v) is 4.21. The van der Waals surface area contributed by atoms with Crippen molar-refractivity contribution in [3.05, 3.63) is 15.1 Å². The third kappa shape index (κ3) is 2.93. The molecule has 0 aromatic carbocycles. The highest BCUT2D eigenvalue weighted by atomic mass is 127. The van der Waals surface area contributed by atoms with E-state index in [0.717, 1.165) is 24.6 Å². The fourth-order valence-electron chi connectivity index (χ4n) is 1.99. The van der Waals surface area contributed by atoms with Gasteiger partial charge in [0.05, 0.1) is 9.26 Å². The molecule has 1 aromatic heterocycles. The lowest BCUT2D eigenvalue weighted by molar-refractivity contribution is 0.0924. The van der Waals surface area contributed by atoms with Gasteiger partial charge < -0.3 is 10.1 Å². The molecule has 1 saturated carbocycles. The summed E-state index contributed by atoms with van der Waals surface area (Å²) in [6, 6.07) is 0. The smallest absolute Gasteiger partial charge is 0.159 e. The largest absolute Gasteiger partial charge is 0.373 e. The van der Waals surface area contributed by atoms with Gasteiger partial charge in [-0.15, -0.1) is 0 Å². The molecule has 2 rings (SSSR count). The van der Waals surface area contributed by atoms with Crippen molar-refractivity contribution in [3.63, 3.8) is 0 Å². The average Bonchev–Trinajstić information content (AvgIpc) is 3.18. The molecule has 1 N–H and O–H groups in total.